The molecule has 2 rings (SSSR count). The molecule has 0 N–H and O–H groups in total. The highest BCUT2D eigenvalue weighted by Crippen LogP contribution is 2.25. The van der Waals surface area contributed by atoms with E-state index in [9.17, 15) is 0 Å². The Bertz CT molecular complexity index is 429. The van der Waals surface area contributed by atoms with E-state index in [4.69, 9.17) is 7.85 Å². The molecule has 0 saturated carbocycles. The Hall–Kier alpha value is -1.24. The molecule has 0 aliphatic carbocycles. The minimum Gasteiger partial charge on any atom is -0.0655 e. The minimum atomic E-state index is 0.154. The van der Waals surface area contributed by atoms with Crippen molar-refractivity contribution >= 4 is 18.6 Å². The predicted molar refractivity (Wildman–Crippen MR) is 62.7 cm³/mol. The van der Waals surface area contributed by atoms with Crippen LogP contribution in [0.4, 0.5) is 0 Å². The zero-order chi connectivity index (χ0) is 9.97. The van der Waals surface area contributed by atoms with Crippen molar-refractivity contribution in [1.29, 1.82) is 0 Å². The third kappa shape index (κ3) is 1.55. The smallest absolute Gasteiger partial charge is 0.0655 e. The summed E-state index contributed by atoms with van der Waals surface area (Å²) in [6.07, 6.45) is 0.980. The molecule has 14 heavy (non-hydrogen) atoms. The van der Waals surface area contributed by atoms with Crippen LogP contribution in [0.15, 0.2) is 42.5 Å². The lowest BCUT2D eigenvalue weighted by molar-refractivity contribution is 0.890. The summed E-state index contributed by atoms with van der Waals surface area (Å²) in [5.74, 6) is 0.154. The van der Waals surface area contributed by atoms with Gasteiger partial charge in [0.2, 0.25) is 0 Å². The van der Waals surface area contributed by atoms with Gasteiger partial charge in [-0.15, -0.1) is 0 Å². The molecule has 2 aromatic carbocycles. The number of hydrogen-bond donors (Lipinski definition) is 0. The largest absolute Gasteiger partial charge is 0.0763 e. The van der Waals surface area contributed by atoms with Crippen molar-refractivity contribution in [2.45, 2.75) is 19.2 Å². The van der Waals surface area contributed by atoms with Gasteiger partial charge < -0.3 is 0 Å². The molecule has 0 saturated heterocycles. The Balaban J connectivity index is 2.65. The molecule has 0 spiro atoms. The minimum absolute atomic E-state index is 0.154. The zero-order valence-electron chi connectivity index (χ0n) is 8.40. The summed E-state index contributed by atoms with van der Waals surface area (Å²) in [6.45, 7) is 2.12. The third-order valence-corrected chi connectivity index (χ3v) is 2.66. The number of benzene rings is 2. The van der Waals surface area contributed by atoms with E-state index in [1.165, 1.54) is 16.3 Å². The molecule has 2 radical (unpaired) electrons. The average molecular weight is 180 g/mol. The van der Waals surface area contributed by atoms with Crippen LogP contribution in [0.25, 0.3) is 10.8 Å². The molecule has 0 aromatic heterocycles. The van der Waals surface area contributed by atoms with Gasteiger partial charge >= 0.3 is 0 Å². The van der Waals surface area contributed by atoms with E-state index in [1.54, 1.807) is 0 Å². The molecular formula is C13H13B. The summed E-state index contributed by atoms with van der Waals surface area (Å²) < 4.78 is 0. The van der Waals surface area contributed by atoms with Crippen molar-refractivity contribution < 1.29 is 0 Å². The maximum atomic E-state index is 6.06. The molecule has 0 amide bonds. The predicted octanol–water partition coefficient (Wildman–Crippen LogP) is 3.46. The summed E-state index contributed by atoms with van der Waals surface area (Å²) in [5, 5.41) is 2.55. The van der Waals surface area contributed by atoms with Gasteiger partial charge in [0.1, 0.15) is 0 Å². The maximum absolute atomic E-state index is 6.06. The van der Waals surface area contributed by atoms with Crippen LogP contribution in [0, 0.1) is 0 Å². The van der Waals surface area contributed by atoms with Gasteiger partial charge in [0.15, 0.2) is 0 Å². The molecule has 2 aromatic rings. The Kier molecular flexibility index (Phi) is 2.58. The van der Waals surface area contributed by atoms with Crippen molar-refractivity contribution in [2.75, 3.05) is 0 Å². The van der Waals surface area contributed by atoms with Crippen molar-refractivity contribution in [3.8, 4) is 0 Å². The number of hydrogen-bond acceptors (Lipinski definition) is 0. The van der Waals surface area contributed by atoms with Gasteiger partial charge in [-0.25, -0.2) is 0 Å². The lowest BCUT2D eigenvalue weighted by Gasteiger charge is -2.12. The molecule has 1 unspecified atom stereocenters. The number of rotatable bonds is 2. The molecule has 0 nitrogen and oxygen atoms in total. The summed E-state index contributed by atoms with van der Waals surface area (Å²) in [7, 11) is 6.06. The van der Waals surface area contributed by atoms with Crippen molar-refractivity contribution in [1.82, 2.24) is 0 Å². The van der Waals surface area contributed by atoms with Gasteiger partial charge in [0.25, 0.3) is 0 Å². The lowest BCUT2D eigenvalue weighted by atomic mass is 9.77. The quantitative estimate of drug-likeness (QED) is 0.620. The molecule has 1 heteroatoms. The van der Waals surface area contributed by atoms with Crippen LogP contribution < -0.4 is 0 Å². The van der Waals surface area contributed by atoms with E-state index >= 15 is 0 Å². The van der Waals surface area contributed by atoms with Crippen LogP contribution in [-0.2, 0) is 0 Å². The highest BCUT2D eigenvalue weighted by atomic mass is 14.1. The fraction of sp³-hybridized carbons (Fsp3) is 0.231. The Morgan fingerprint density at radius 2 is 1.79 bits per heavy atom. The average Bonchev–Trinajstić information content (AvgIpc) is 2.27. The first kappa shape index (κ1) is 9.33. The molecule has 1 atom stereocenters. The second kappa shape index (κ2) is 3.87. The highest BCUT2D eigenvalue weighted by Gasteiger charge is 2.05. The van der Waals surface area contributed by atoms with Crippen LogP contribution in [0.2, 0.25) is 0 Å². The molecule has 0 heterocycles. The fourth-order valence-corrected chi connectivity index (χ4v) is 1.79. The van der Waals surface area contributed by atoms with Gasteiger partial charge in [-0.2, -0.15) is 0 Å². The second-order valence-electron chi connectivity index (χ2n) is 3.58. The van der Waals surface area contributed by atoms with Gasteiger partial charge in [0.05, 0.1) is 7.85 Å². The Morgan fingerprint density at radius 1 is 1.07 bits per heavy atom. The Morgan fingerprint density at radius 3 is 2.57 bits per heavy atom. The van der Waals surface area contributed by atoms with Gasteiger partial charge in [-0.3, -0.25) is 0 Å². The first-order valence-electron chi connectivity index (χ1n) is 5.06. The fourth-order valence-electron chi connectivity index (χ4n) is 1.79. The van der Waals surface area contributed by atoms with E-state index in [2.05, 4.69) is 49.4 Å². The van der Waals surface area contributed by atoms with Crippen LogP contribution in [0.5, 0.6) is 0 Å². The van der Waals surface area contributed by atoms with Crippen molar-refractivity contribution in [3.63, 3.8) is 0 Å². The topological polar surface area (TPSA) is 0 Å². The van der Waals surface area contributed by atoms with E-state index in [-0.39, 0.29) is 5.82 Å². The summed E-state index contributed by atoms with van der Waals surface area (Å²) >= 11 is 0. The second-order valence-corrected chi connectivity index (χ2v) is 3.58. The van der Waals surface area contributed by atoms with Gasteiger partial charge in [-0.05, 0) is 16.3 Å². The van der Waals surface area contributed by atoms with Crippen LogP contribution in [-0.4, -0.2) is 7.85 Å². The summed E-state index contributed by atoms with van der Waals surface area (Å²) in [4.78, 5) is 0. The van der Waals surface area contributed by atoms with Crippen LogP contribution >= 0.6 is 0 Å². The number of fused-ring (bicyclic) bond motifs is 1. The molecule has 0 aliphatic heterocycles. The van der Waals surface area contributed by atoms with E-state index < -0.39 is 0 Å². The van der Waals surface area contributed by atoms with E-state index in [0.717, 1.165) is 6.42 Å². The van der Waals surface area contributed by atoms with Crippen LogP contribution in [0.1, 0.15) is 24.7 Å². The van der Waals surface area contributed by atoms with Crippen LogP contribution in [0.3, 0.4) is 0 Å². The van der Waals surface area contributed by atoms with Crippen molar-refractivity contribution in [3.05, 3.63) is 48.0 Å². The maximum Gasteiger partial charge on any atom is 0.0763 e. The zero-order valence-corrected chi connectivity index (χ0v) is 8.40. The monoisotopic (exact) mass is 180 g/mol. The first-order chi connectivity index (χ1) is 6.83. The summed E-state index contributed by atoms with van der Waals surface area (Å²) in [6, 6.07) is 14.7. The van der Waals surface area contributed by atoms with Crippen molar-refractivity contribution in [2.24, 2.45) is 0 Å². The Labute approximate surface area is 86.4 Å². The standard InChI is InChI=1S/C13H13B/c1-2-13(14)12-9-5-7-10-6-3-4-8-11(10)12/h3-9,13H,2H2,1H3. The highest BCUT2D eigenvalue weighted by molar-refractivity contribution is 6.13. The van der Waals surface area contributed by atoms with E-state index in [1.807, 2.05) is 0 Å². The lowest BCUT2D eigenvalue weighted by Crippen LogP contribution is -1.96. The normalized spacial score (nSPS) is 12.9. The molecule has 0 fully saturated rings. The summed E-state index contributed by atoms with van der Waals surface area (Å²) in [5.41, 5.74) is 1.26. The third-order valence-electron chi connectivity index (χ3n) is 2.66. The van der Waals surface area contributed by atoms with E-state index in [0.29, 0.717) is 0 Å². The SMILES string of the molecule is [B]C(CC)c1cccc2ccccc12. The molecule has 0 aliphatic rings. The first-order valence-corrected chi connectivity index (χ1v) is 5.06. The van der Waals surface area contributed by atoms with Gasteiger partial charge in [0, 0.05) is 0 Å². The van der Waals surface area contributed by atoms with Gasteiger partial charge in [-0.1, -0.05) is 61.6 Å². The molecule has 68 valence electrons. The molecular weight excluding hydrogens is 167 g/mol. The molecule has 0 bridgehead atoms.